The largest absolute Gasteiger partial charge is 0.330 e. The molecule has 0 spiro atoms. The van der Waals surface area contributed by atoms with E-state index in [1.807, 2.05) is 0 Å². The Morgan fingerprint density at radius 2 is 2.08 bits per heavy atom. The summed E-state index contributed by atoms with van der Waals surface area (Å²) in [6.45, 7) is 4.93. The Balaban J connectivity index is 3.62. The molecule has 80 valence electrons. The van der Waals surface area contributed by atoms with Gasteiger partial charge in [0.2, 0.25) is 0 Å². The van der Waals surface area contributed by atoms with E-state index in [9.17, 15) is 4.21 Å². The second-order valence-electron chi connectivity index (χ2n) is 3.52. The molecule has 2 nitrogen and oxygen atoms in total. The highest BCUT2D eigenvalue weighted by Gasteiger charge is 2.09. The van der Waals surface area contributed by atoms with Gasteiger partial charge in [-0.1, -0.05) is 33.1 Å². The maximum absolute atomic E-state index is 11.4. The molecule has 0 radical (unpaired) electrons. The van der Waals surface area contributed by atoms with Gasteiger partial charge in [-0.3, -0.25) is 4.21 Å². The SMILES string of the molecule is CCCCC(CC)CS(=O)CCN. The van der Waals surface area contributed by atoms with E-state index < -0.39 is 10.8 Å². The van der Waals surface area contributed by atoms with Gasteiger partial charge in [0.15, 0.2) is 0 Å². The van der Waals surface area contributed by atoms with E-state index in [1.165, 1.54) is 19.3 Å². The van der Waals surface area contributed by atoms with Crippen LogP contribution < -0.4 is 5.73 Å². The van der Waals surface area contributed by atoms with Crippen molar-refractivity contribution in [2.45, 2.75) is 39.5 Å². The zero-order valence-electron chi connectivity index (χ0n) is 8.92. The number of unbranched alkanes of at least 4 members (excludes halogenated alkanes) is 1. The minimum atomic E-state index is -0.678. The molecule has 0 aromatic rings. The monoisotopic (exact) mass is 205 g/mol. The van der Waals surface area contributed by atoms with Gasteiger partial charge in [-0.15, -0.1) is 0 Å². The van der Waals surface area contributed by atoms with Crippen LogP contribution in [0.5, 0.6) is 0 Å². The lowest BCUT2D eigenvalue weighted by atomic mass is 10.0. The summed E-state index contributed by atoms with van der Waals surface area (Å²) in [6.07, 6.45) is 4.87. The van der Waals surface area contributed by atoms with Crippen LogP contribution in [0.25, 0.3) is 0 Å². The van der Waals surface area contributed by atoms with Crippen molar-refractivity contribution < 1.29 is 4.21 Å². The maximum atomic E-state index is 11.4. The standard InChI is InChI=1S/C10H23NOS/c1-3-5-6-10(4-2)9-13(12)8-7-11/h10H,3-9,11H2,1-2H3. The third-order valence-electron chi connectivity index (χ3n) is 2.31. The topological polar surface area (TPSA) is 43.1 Å². The Hall–Kier alpha value is 0.110. The molecular formula is C10H23NOS. The summed E-state index contributed by atoms with van der Waals surface area (Å²) in [4.78, 5) is 0. The zero-order chi connectivity index (χ0) is 10.1. The molecule has 0 heterocycles. The number of nitrogens with two attached hydrogens (primary N) is 1. The average Bonchev–Trinajstić information content (AvgIpc) is 2.12. The summed E-state index contributed by atoms with van der Waals surface area (Å²) < 4.78 is 11.4. The van der Waals surface area contributed by atoms with Gasteiger partial charge in [-0.2, -0.15) is 0 Å². The van der Waals surface area contributed by atoms with Gasteiger partial charge in [0.05, 0.1) is 0 Å². The Bertz CT molecular complexity index is 139. The highest BCUT2D eigenvalue weighted by Crippen LogP contribution is 2.13. The minimum Gasteiger partial charge on any atom is -0.330 e. The van der Waals surface area contributed by atoms with Gasteiger partial charge < -0.3 is 5.73 Å². The van der Waals surface area contributed by atoms with Crippen molar-refractivity contribution in [3.05, 3.63) is 0 Å². The highest BCUT2D eigenvalue weighted by molar-refractivity contribution is 7.85. The molecule has 0 rings (SSSR count). The van der Waals surface area contributed by atoms with Gasteiger partial charge in [-0.25, -0.2) is 0 Å². The molecule has 2 atom stereocenters. The van der Waals surface area contributed by atoms with Gasteiger partial charge in [0.1, 0.15) is 0 Å². The lowest BCUT2D eigenvalue weighted by Crippen LogP contribution is -2.17. The second-order valence-corrected chi connectivity index (χ2v) is 5.14. The molecule has 13 heavy (non-hydrogen) atoms. The maximum Gasteiger partial charge on any atom is 0.0357 e. The van der Waals surface area contributed by atoms with Gasteiger partial charge >= 0.3 is 0 Å². The van der Waals surface area contributed by atoms with Crippen LogP contribution in [-0.4, -0.2) is 22.3 Å². The Morgan fingerprint density at radius 1 is 1.38 bits per heavy atom. The third-order valence-corrected chi connectivity index (χ3v) is 3.84. The van der Waals surface area contributed by atoms with Crippen molar-refractivity contribution in [3.63, 3.8) is 0 Å². The Morgan fingerprint density at radius 3 is 2.54 bits per heavy atom. The average molecular weight is 205 g/mol. The summed E-state index contributed by atoms with van der Waals surface area (Å²) in [5.74, 6) is 2.17. The molecule has 2 N–H and O–H groups in total. The van der Waals surface area contributed by atoms with Crippen molar-refractivity contribution in [2.24, 2.45) is 11.7 Å². The van der Waals surface area contributed by atoms with Crippen LogP contribution in [0.2, 0.25) is 0 Å². The molecule has 0 amide bonds. The summed E-state index contributed by atoms with van der Waals surface area (Å²) >= 11 is 0. The first-order chi connectivity index (χ1) is 6.24. The summed E-state index contributed by atoms with van der Waals surface area (Å²) in [6, 6.07) is 0. The lowest BCUT2D eigenvalue weighted by molar-refractivity contribution is 0.494. The quantitative estimate of drug-likeness (QED) is 0.658. The normalized spacial score (nSPS) is 15.6. The molecule has 3 heteroatoms. The summed E-state index contributed by atoms with van der Waals surface area (Å²) in [7, 11) is -0.678. The van der Waals surface area contributed by atoms with Crippen LogP contribution in [0.15, 0.2) is 0 Å². The fourth-order valence-electron chi connectivity index (χ4n) is 1.38. The van der Waals surface area contributed by atoms with E-state index in [0.717, 1.165) is 12.2 Å². The van der Waals surface area contributed by atoms with Crippen LogP contribution in [-0.2, 0) is 10.8 Å². The van der Waals surface area contributed by atoms with E-state index in [0.29, 0.717) is 18.2 Å². The van der Waals surface area contributed by atoms with E-state index in [-0.39, 0.29) is 0 Å². The predicted molar refractivity (Wildman–Crippen MR) is 60.2 cm³/mol. The molecule has 0 aromatic heterocycles. The molecule has 0 saturated heterocycles. The summed E-state index contributed by atoms with van der Waals surface area (Å²) in [5.41, 5.74) is 5.35. The first kappa shape index (κ1) is 13.1. The Kier molecular flexibility index (Phi) is 8.77. The molecule has 0 bridgehead atoms. The van der Waals surface area contributed by atoms with Crippen LogP contribution in [0.3, 0.4) is 0 Å². The van der Waals surface area contributed by atoms with E-state index in [1.54, 1.807) is 0 Å². The van der Waals surface area contributed by atoms with Crippen LogP contribution >= 0.6 is 0 Å². The smallest absolute Gasteiger partial charge is 0.0357 e. The van der Waals surface area contributed by atoms with Crippen LogP contribution in [0.1, 0.15) is 39.5 Å². The fourth-order valence-corrected chi connectivity index (χ4v) is 2.73. The van der Waals surface area contributed by atoms with Gasteiger partial charge in [0, 0.05) is 28.9 Å². The van der Waals surface area contributed by atoms with E-state index in [4.69, 9.17) is 5.73 Å². The summed E-state index contributed by atoms with van der Waals surface area (Å²) in [5, 5.41) is 0. The van der Waals surface area contributed by atoms with Gasteiger partial charge in [-0.05, 0) is 12.3 Å². The minimum absolute atomic E-state index is 0.552. The second kappa shape index (κ2) is 8.70. The van der Waals surface area contributed by atoms with Crippen molar-refractivity contribution in [1.82, 2.24) is 0 Å². The first-order valence-electron chi connectivity index (χ1n) is 5.29. The third kappa shape index (κ3) is 7.20. The molecule has 2 unspecified atom stereocenters. The lowest BCUT2D eigenvalue weighted by Gasteiger charge is -2.13. The number of hydrogen-bond donors (Lipinski definition) is 1. The highest BCUT2D eigenvalue weighted by atomic mass is 32.2. The van der Waals surface area contributed by atoms with Crippen molar-refractivity contribution in [2.75, 3.05) is 18.1 Å². The van der Waals surface area contributed by atoms with Crippen LogP contribution in [0.4, 0.5) is 0 Å². The number of rotatable bonds is 8. The van der Waals surface area contributed by atoms with Gasteiger partial charge in [0.25, 0.3) is 0 Å². The van der Waals surface area contributed by atoms with Crippen molar-refractivity contribution in [1.29, 1.82) is 0 Å². The fraction of sp³-hybridized carbons (Fsp3) is 1.00. The molecule has 0 saturated carbocycles. The molecule has 0 aliphatic carbocycles. The first-order valence-corrected chi connectivity index (χ1v) is 6.78. The number of hydrogen-bond acceptors (Lipinski definition) is 2. The van der Waals surface area contributed by atoms with Crippen molar-refractivity contribution >= 4 is 10.8 Å². The van der Waals surface area contributed by atoms with E-state index >= 15 is 0 Å². The zero-order valence-corrected chi connectivity index (χ0v) is 9.74. The molecule has 0 aliphatic rings. The Labute approximate surface area is 84.7 Å². The molecule has 0 aliphatic heterocycles. The van der Waals surface area contributed by atoms with Crippen molar-refractivity contribution in [3.8, 4) is 0 Å². The molecular weight excluding hydrogens is 182 g/mol. The van der Waals surface area contributed by atoms with E-state index in [2.05, 4.69) is 13.8 Å². The molecule has 0 fully saturated rings. The van der Waals surface area contributed by atoms with Crippen LogP contribution in [0, 0.1) is 5.92 Å². The predicted octanol–water partition coefficient (Wildman–Crippen LogP) is 1.91. The molecule has 0 aromatic carbocycles.